The Bertz CT molecular complexity index is 1520. The number of fused-ring (bicyclic) bond motifs is 2. The number of rotatable bonds is 7. The highest BCUT2D eigenvalue weighted by Gasteiger charge is 2.31. The van der Waals surface area contributed by atoms with E-state index in [4.69, 9.17) is 4.74 Å². The van der Waals surface area contributed by atoms with E-state index >= 15 is 0 Å². The van der Waals surface area contributed by atoms with E-state index in [1.807, 2.05) is 36.7 Å². The average molecular weight is 527 g/mol. The van der Waals surface area contributed by atoms with Crippen LogP contribution in [0.25, 0.3) is 11.0 Å². The quantitative estimate of drug-likeness (QED) is 0.314. The molecule has 0 fully saturated rings. The van der Waals surface area contributed by atoms with E-state index in [0.717, 1.165) is 59.7 Å². The minimum absolute atomic E-state index is 0.317. The van der Waals surface area contributed by atoms with E-state index in [1.54, 1.807) is 6.92 Å². The Morgan fingerprint density at radius 2 is 1.90 bits per heavy atom. The van der Waals surface area contributed by atoms with Crippen molar-refractivity contribution in [1.82, 2.24) is 19.9 Å². The molecule has 4 aromatic rings. The summed E-state index contributed by atoms with van der Waals surface area (Å²) >= 11 is 0. The molecule has 1 N–H and O–H groups in total. The number of carboxylic acid groups (broad SMARTS) is 1. The molecule has 2 atom stereocenters. The van der Waals surface area contributed by atoms with E-state index < -0.39 is 11.9 Å². The average Bonchev–Trinajstić information content (AvgIpc) is 3.26. The Labute approximate surface area is 230 Å². The second kappa shape index (κ2) is 10.5. The van der Waals surface area contributed by atoms with E-state index in [-0.39, 0.29) is 11.5 Å². The van der Waals surface area contributed by atoms with Crippen LogP contribution in [-0.2, 0) is 24.4 Å². The lowest BCUT2D eigenvalue weighted by Crippen LogP contribution is -2.40. The summed E-state index contributed by atoms with van der Waals surface area (Å²) in [5.74, 6) is -0.809. The van der Waals surface area contributed by atoms with Crippen molar-refractivity contribution in [3.05, 3.63) is 88.0 Å². The molecule has 0 saturated carbocycles. The van der Waals surface area contributed by atoms with Crippen molar-refractivity contribution < 1.29 is 14.6 Å². The first-order chi connectivity index (χ1) is 18.6. The molecule has 1 aliphatic rings. The van der Waals surface area contributed by atoms with Crippen molar-refractivity contribution >= 4 is 17.0 Å². The fraction of sp³-hybridized carbons (Fsp3) is 0.406. The summed E-state index contributed by atoms with van der Waals surface area (Å²) in [4.78, 5) is 14.8. The largest absolute Gasteiger partial charge is 0.486 e. The molecule has 7 heteroatoms. The molecule has 5 rings (SSSR count). The first-order valence-electron chi connectivity index (χ1n) is 13.7. The Kier molecular flexibility index (Phi) is 7.21. The van der Waals surface area contributed by atoms with E-state index in [2.05, 4.69) is 72.4 Å². The van der Waals surface area contributed by atoms with Gasteiger partial charge in [-0.2, -0.15) is 0 Å². The highest BCUT2D eigenvalue weighted by molar-refractivity contribution is 5.81. The summed E-state index contributed by atoms with van der Waals surface area (Å²) in [5.41, 5.74) is 7.99. The van der Waals surface area contributed by atoms with Crippen LogP contribution in [0.15, 0.2) is 54.6 Å². The SMILES string of the molecule is CCn1nnc2c(C)c(C(c3ccc(C)c(CN4Cc5ccccc5OC(C)(C)C4)c3)C(C)C(=O)O)ccc21. The van der Waals surface area contributed by atoms with Gasteiger partial charge in [0.2, 0.25) is 0 Å². The van der Waals surface area contributed by atoms with E-state index in [0.29, 0.717) is 0 Å². The molecule has 39 heavy (non-hydrogen) atoms. The van der Waals surface area contributed by atoms with Gasteiger partial charge in [-0.05, 0) is 74.6 Å². The van der Waals surface area contributed by atoms with Crippen LogP contribution < -0.4 is 4.74 Å². The Balaban J connectivity index is 1.54. The van der Waals surface area contributed by atoms with Crippen LogP contribution in [0.3, 0.4) is 0 Å². The maximum absolute atomic E-state index is 12.4. The zero-order valence-electron chi connectivity index (χ0n) is 23.7. The first kappa shape index (κ1) is 26.9. The molecule has 0 radical (unpaired) electrons. The third kappa shape index (κ3) is 5.28. The van der Waals surface area contributed by atoms with E-state index in [9.17, 15) is 9.90 Å². The number of nitrogens with zero attached hydrogens (tertiary/aromatic N) is 4. The molecule has 1 aromatic heterocycles. The number of hydrogen-bond acceptors (Lipinski definition) is 5. The monoisotopic (exact) mass is 526 g/mol. The van der Waals surface area contributed by atoms with Crippen molar-refractivity contribution in [3.8, 4) is 5.75 Å². The molecule has 0 amide bonds. The van der Waals surface area contributed by atoms with Crippen LogP contribution in [0, 0.1) is 19.8 Å². The van der Waals surface area contributed by atoms with Crippen molar-refractivity contribution in [2.75, 3.05) is 6.54 Å². The van der Waals surface area contributed by atoms with Crippen molar-refractivity contribution in [1.29, 1.82) is 0 Å². The maximum atomic E-state index is 12.4. The molecular weight excluding hydrogens is 488 g/mol. The fourth-order valence-electron chi connectivity index (χ4n) is 5.94. The minimum atomic E-state index is -0.818. The van der Waals surface area contributed by atoms with Crippen molar-refractivity contribution in [2.45, 2.75) is 72.7 Å². The standard InChI is InChI=1S/C32H38N4O3/c1-7-36-27-15-14-26(21(3)30(27)33-34-36)29(22(4)31(37)38)23-13-12-20(2)25(16-23)18-35-17-24-10-8-9-11-28(24)39-32(5,6)19-35/h8-16,22,29H,7,17-19H2,1-6H3,(H,37,38). The topological polar surface area (TPSA) is 80.5 Å². The number of aliphatic carboxylic acids is 1. The maximum Gasteiger partial charge on any atom is 0.307 e. The van der Waals surface area contributed by atoms with Gasteiger partial charge in [-0.3, -0.25) is 9.69 Å². The number of carbonyl (C=O) groups is 1. The molecule has 2 unspecified atom stereocenters. The van der Waals surface area contributed by atoms with Crippen LogP contribution in [-0.4, -0.2) is 43.1 Å². The molecule has 0 saturated heterocycles. The Morgan fingerprint density at radius 3 is 2.64 bits per heavy atom. The second-order valence-corrected chi connectivity index (χ2v) is 11.5. The molecule has 0 aliphatic carbocycles. The molecule has 3 aromatic carbocycles. The van der Waals surface area contributed by atoms with Gasteiger partial charge in [0, 0.05) is 37.7 Å². The summed E-state index contributed by atoms with van der Waals surface area (Å²) in [6.45, 7) is 15.3. The fourth-order valence-corrected chi connectivity index (χ4v) is 5.94. The Morgan fingerprint density at radius 1 is 1.13 bits per heavy atom. The van der Waals surface area contributed by atoms with Gasteiger partial charge in [0.15, 0.2) is 0 Å². The van der Waals surface area contributed by atoms with Crippen LogP contribution in [0.5, 0.6) is 5.75 Å². The summed E-state index contributed by atoms with van der Waals surface area (Å²) in [7, 11) is 0. The summed E-state index contributed by atoms with van der Waals surface area (Å²) < 4.78 is 8.23. The van der Waals surface area contributed by atoms with Crippen LogP contribution in [0.2, 0.25) is 0 Å². The van der Waals surface area contributed by atoms with Gasteiger partial charge in [-0.15, -0.1) is 5.10 Å². The van der Waals surface area contributed by atoms with Crippen LogP contribution in [0.1, 0.15) is 67.0 Å². The number of carboxylic acids is 1. The molecule has 0 bridgehead atoms. The number of benzene rings is 3. The third-order valence-corrected chi connectivity index (χ3v) is 7.99. The molecule has 1 aliphatic heterocycles. The van der Waals surface area contributed by atoms with Gasteiger partial charge in [-0.1, -0.05) is 54.6 Å². The van der Waals surface area contributed by atoms with Gasteiger partial charge >= 0.3 is 5.97 Å². The predicted octanol–water partition coefficient (Wildman–Crippen LogP) is 6.09. The van der Waals surface area contributed by atoms with Gasteiger partial charge in [-0.25, -0.2) is 4.68 Å². The number of aryl methyl sites for hydroxylation is 3. The number of para-hydroxylation sites is 1. The van der Waals surface area contributed by atoms with Gasteiger partial charge in [0.1, 0.15) is 16.9 Å². The normalized spacial score (nSPS) is 16.8. The van der Waals surface area contributed by atoms with Crippen molar-refractivity contribution in [3.63, 3.8) is 0 Å². The molecule has 7 nitrogen and oxygen atoms in total. The third-order valence-electron chi connectivity index (χ3n) is 7.99. The highest BCUT2D eigenvalue weighted by atomic mass is 16.5. The molecule has 204 valence electrons. The lowest BCUT2D eigenvalue weighted by Gasteiger charge is -2.30. The zero-order valence-corrected chi connectivity index (χ0v) is 23.7. The second-order valence-electron chi connectivity index (χ2n) is 11.5. The zero-order chi connectivity index (χ0) is 27.9. The molecular formula is C32H38N4O3. The lowest BCUT2D eigenvalue weighted by atomic mass is 9.79. The minimum Gasteiger partial charge on any atom is -0.486 e. The summed E-state index contributed by atoms with van der Waals surface area (Å²) in [6.07, 6.45) is 0. The highest BCUT2D eigenvalue weighted by Crippen LogP contribution is 2.38. The van der Waals surface area contributed by atoms with Crippen molar-refractivity contribution in [2.24, 2.45) is 5.92 Å². The number of aromatic nitrogens is 3. The predicted molar refractivity (Wildman–Crippen MR) is 153 cm³/mol. The van der Waals surface area contributed by atoms with E-state index in [1.165, 1.54) is 16.7 Å². The smallest absolute Gasteiger partial charge is 0.307 e. The summed E-state index contributed by atoms with van der Waals surface area (Å²) in [5, 5.41) is 18.8. The number of hydrogen-bond donors (Lipinski definition) is 1. The van der Waals surface area contributed by atoms with Crippen LogP contribution >= 0.6 is 0 Å². The lowest BCUT2D eigenvalue weighted by molar-refractivity contribution is -0.141. The summed E-state index contributed by atoms with van der Waals surface area (Å²) in [6, 6.07) is 18.7. The van der Waals surface area contributed by atoms with Gasteiger partial charge in [0.05, 0.1) is 11.4 Å². The number of ether oxygens (including phenoxy) is 1. The first-order valence-corrected chi connectivity index (χ1v) is 13.7. The Hall–Kier alpha value is -3.71. The molecule has 2 heterocycles. The molecule has 0 spiro atoms. The van der Waals surface area contributed by atoms with Gasteiger partial charge < -0.3 is 9.84 Å². The van der Waals surface area contributed by atoms with Crippen LogP contribution in [0.4, 0.5) is 0 Å². The van der Waals surface area contributed by atoms with Gasteiger partial charge in [0.25, 0.3) is 0 Å².